The SMILES string of the molecule is CC(C)(C)c1ccc(N2c3ccc(C(C)(C)C)cc3B3c4cc(C(C)(C)C)ccc4N(c4ccc(C(C)(C)C)cc4)c4cc(S(C)(c5ccccc5)c5ccccc5)cc2c43)cc1. The summed E-state index contributed by atoms with van der Waals surface area (Å²) in [6, 6.07) is 61.2. The summed E-state index contributed by atoms with van der Waals surface area (Å²) in [6.45, 7) is 27.9. The van der Waals surface area contributed by atoms with Crippen molar-refractivity contribution in [3.05, 3.63) is 180 Å². The molecule has 7 aromatic rings. The second-order valence-electron chi connectivity index (χ2n) is 22.2. The van der Waals surface area contributed by atoms with Crippen LogP contribution >= 0.6 is 10.0 Å². The van der Waals surface area contributed by atoms with Crippen molar-refractivity contribution in [3.8, 4) is 0 Å². The number of hydrogen-bond acceptors (Lipinski definition) is 2. The van der Waals surface area contributed by atoms with Crippen LogP contribution in [0.2, 0.25) is 0 Å². The van der Waals surface area contributed by atoms with Gasteiger partial charge in [0.15, 0.2) is 0 Å². The van der Waals surface area contributed by atoms with Crippen LogP contribution in [0.25, 0.3) is 0 Å². The van der Waals surface area contributed by atoms with E-state index in [2.05, 4.69) is 257 Å². The van der Waals surface area contributed by atoms with E-state index in [9.17, 15) is 0 Å². The van der Waals surface area contributed by atoms with Crippen molar-refractivity contribution in [2.45, 2.75) is 119 Å². The Kier molecular flexibility index (Phi) is 10.3. The van der Waals surface area contributed by atoms with Gasteiger partial charge in [0.25, 0.3) is 6.71 Å². The van der Waals surface area contributed by atoms with Crippen molar-refractivity contribution in [3.63, 3.8) is 0 Å². The number of hydrogen-bond donors (Lipinski definition) is 0. The Labute approximate surface area is 380 Å². The van der Waals surface area contributed by atoms with E-state index in [1.807, 2.05) is 0 Å². The quantitative estimate of drug-likeness (QED) is 0.159. The predicted molar refractivity (Wildman–Crippen MR) is 276 cm³/mol. The van der Waals surface area contributed by atoms with Crippen molar-refractivity contribution in [2.75, 3.05) is 16.1 Å². The highest BCUT2D eigenvalue weighted by Crippen LogP contribution is 2.67. The normalized spacial score (nSPS) is 14.3. The molecule has 0 fully saturated rings. The minimum atomic E-state index is -1.76. The van der Waals surface area contributed by atoms with Crippen molar-refractivity contribution >= 4 is 67.3 Å². The summed E-state index contributed by atoms with van der Waals surface area (Å²) in [5, 5.41) is 0. The molecule has 2 aliphatic rings. The van der Waals surface area contributed by atoms with Crippen LogP contribution in [0.5, 0.6) is 0 Å². The van der Waals surface area contributed by atoms with Crippen LogP contribution in [0, 0.1) is 0 Å². The van der Waals surface area contributed by atoms with E-state index in [1.54, 1.807) is 0 Å². The average molecular weight is 845 g/mol. The van der Waals surface area contributed by atoms with E-state index < -0.39 is 10.0 Å². The summed E-state index contributed by atoms with van der Waals surface area (Å²) in [5.41, 5.74) is 16.8. The van der Waals surface area contributed by atoms with E-state index in [0.717, 1.165) is 0 Å². The van der Waals surface area contributed by atoms with E-state index in [-0.39, 0.29) is 28.4 Å². The fourth-order valence-corrected chi connectivity index (χ4v) is 12.6. The maximum Gasteiger partial charge on any atom is 0.252 e. The third kappa shape index (κ3) is 7.43. The van der Waals surface area contributed by atoms with Gasteiger partial charge in [-0.2, -0.15) is 10.0 Å². The second kappa shape index (κ2) is 15.1. The monoisotopic (exact) mass is 844 g/mol. The van der Waals surface area contributed by atoms with Gasteiger partial charge in [-0.1, -0.05) is 168 Å². The summed E-state index contributed by atoms with van der Waals surface area (Å²) in [6.07, 6.45) is 2.51. The Morgan fingerprint density at radius 2 is 0.683 bits per heavy atom. The lowest BCUT2D eigenvalue weighted by atomic mass is 9.33. The summed E-state index contributed by atoms with van der Waals surface area (Å²) >= 11 is 0. The maximum atomic E-state index is 2.60. The standard InChI is InChI=1S/C59H65BN2S/c1-56(2,3)40-24-30-44(31-25-40)61-51-34-28-42(58(7,8)9)36-49(51)60-50-37-43(59(10,11)12)29-35-52(50)62(45-32-26-41(27-33-45)57(4,5)6)54-39-48(38-53(61)55(54)60)63(13,46-20-16-14-17-21-46)47-22-18-15-19-23-47/h14-39H,1-13H3. The fraction of sp³-hybridized carbons (Fsp3) is 0.288. The number of rotatable bonds is 5. The van der Waals surface area contributed by atoms with E-state index in [0.29, 0.717) is 0 Å². The van der Waals surface area contributed by atoms with Gasteiger partial charge in [-0.05, 0) is 149 Å². The second-order valence-corrected chi connectivity index (χ2v) is 25.4. The first-order chi connectivity index (χ1) is 29.7. The molecule has 0 aliphatic carbocycles. The lowest BCUT2D eigenvalue weighted by Gasteiger charge is -2.47. The van der Waals surface area contributed by atoms with Gasteiger partial charge in [0.05, 0.1) is 0 Å². The molecule has 63 heavy (non-hydrogen) atoms. The molecule has 0 radical (unpaired) electrons. The summed E-state index contributed by atoms with van der Waals surface area (Å²) in [7, 11) is -1.76. The van der Waals surface area contributed by atoms with E-state index in [1.165, 1.54) is 87.5 Å². The molecule has 4 heteroatoms. The van der Waals surface area contributed by atoms with Crippen LogP contribution in [-0.2, 0) is 21.7 Å². The Hall–Kier alpha value is -5.45. The molecule has 0 bridgehead atoms. The fourth-order valence-electron chi connectivity index (χ4n) is 9.72. The lowest BCUT2D eigenvalue weighted by Crippen LogP contribution is -2.61. The first-order valence-corrected chi connectivity index (χ1v) is 24.9. The van der Waals surface area contributed by atoms with Crippen molar-refractivity contribution < 1.29 is 0 Å². The first-order valence-electron chi connectivity index (χ1n) is 22.8. The zero-order valence-electron chi connectivity index (χ0n) is 39.9. The Balaban J connectivity index is 1.44. The van der Waals surface area contributed by atoms with Gasteiger partial charge in [-0.15, -0.1) is 0 Å². The molecule has 0 atom stereocenters. The molecule has 7 aromatic carbocycles. The average Bonchev–Trinajstić information content (AvgIpc) is 3.25. The van der Waals surface area contributed by atoms with Crippen LogP contribution in [0.3, 0.4) is 0 Å². The van der Waals surface area contributed by atoms with Gasteiger partial charge in [-0.3, -0.25) is 0 Å². The van der Waals surface area contributed by atoms with Crippen molar-refractivity contribution in [1.29, 1.82) is 0 Å². The predicted octanol–water partition coefficient (Wildman–Crippen LogP) is 14.9. The summed E-state index contributed by atoms with van der Waals surface area (Å²) in [5.74, 6) is 0. The molecular weight excluding hydrogens is 780 g/mol. The molecule has 0 amide bonds. The van der Waals surface area contributed by atoms with Crippen LogP contribution < -0.4 is 26.2 Å². The molecule has 2 aliphatic heterocycles. The molecule has 9 rings (SSSR count). The molecule has 320 valence electrons. The third-order valence-electron chi connectivity index (χ3n) is 13.7. The van der Waals surface area contributed by atoms with Crippen molar-refractivity contribution in [1.82, 2.24) is 0 Å². The van der Waals surface area contributed by atoms with Gasteiger partial charge >= 0.3 is 0 Å². The van der Waals surface area contributed by atoms with Crippen LogP contribution in [0.1, 0.15) is 105 Å². The Morgan fingerprint density at radius 3 is 1.02 bits per heavy atom. The van der Waals surface area contributed by atoms with Gasteiger partial charge < -0.3 is 9.80 Å². The molecule has 2 nitrogen and oxygen atoms in total. The molecule has 0 N–H and O–H groups in total. The summed E-state index contributed by atoms with van der Waals surface area (Å²) < 4.78 is 0. The Bertz CT molecular complexity index is 2630. The Morgan fingerprint density at radius 1 is 0.349 bits per heavy atom. The molecule has 0 spiro atoms. The zero-order chi connectivity index (χ0) is 44.9. The first kappa shape index (κ1) is 42.8. The number of benzene rings is 7. The minimum Gasteiger partial charge on any atom is -0.311 e. The highest BCUT2D eigenvalue weighted by molar-refractivity contribution is 8.33. The van der Waals surface area contributed by atoms with E-state index in [4.69, 9.17) is 0 Å². The molecule has 2 heterocycles. The van der Waals surface area contributed by atoms with Gasteiger partial charge in [0.2, 0.25) is 0 Å². The maximum absolute atomic E-state index is 2.60. The molecule has 0 aromatic heterocycles. The number of nitrogens with zero attached hydrogens (tertiary/aromatic N) is 2. The molecule has 0 saturated carbocycles. The lowest BCUT2D eigenvalue weighted by molar-refractivity contribution is 0.590. The largest absolute Gasteiger partial charge is 0.311 e. The van der Waals surface area contributed by atoms with Crippen LogP contribution in [-0.4, -0.2) is 13.0 Å². The minimum absolute atomic E-state index is 0.0172. The van der Waals surface area contributed by atoms with Crippen molar-refractivity contribution in [2.24, 2.45) is 0 Å². The summed E-state index contributed by atoms with van der Waals surface area (Å²) in [4.78, 5) is 9.23. The molecular formula is C59H65BN2S. The third-order valence-corrected chi connectivity index (χ3v) is 17.3. The van der Waals surface area contributed by atoms with E-state index >= 15 is 0 Å². The number of fused-ring (bicyclic) bond motifs is 4. The molecule has 0 unspecified atom stereocenters. The highest BCUT2D eigenvalue weighted by atomic mass is 32.3. The highest BCUT2D eigenvalue weighted by Gasteiger charge is 2.45. The van der Waals surface area contributed by atoms with Crippen LogP contribution in [0.15, 0.2) is 172 Å². The zero-order valence-corrected chi connectivity index (χ0v) is 40.7. The smallest absolute Gasteiger partial charge is 0.252 e. The van der Waals surface area contributed by atoms with Crippen LogP contribution in [0.4, 0.5) is 34.1 Å². The van der Waals surface area contributed by atoms with Gasteiger partial charge in [-0.25, -0.2) is 0 Å². The number of anilines is 6. The molecule has 0 saturated heterocycles. The topological polar surface area (TPSA) is 6.48 Å². The van der Waals surface area contributed by atoms with Gasteiger partial charge in [0, 0.05) is 39.0 Å². The van der Waals surface area contributed by atoms with Gasteiger partial charge in [0.1, 0.15) is 0 Å².